The van der Waals surface area contributed by atoms with Crippen LogP contribution in [0.25, 0.3) is 0 Å². The van der Waals surface area contributed by atoms with E-state index in [0.717, 1.165) is 68.2 Å². The number of benzene rings is 1. The molecule has 9 nitrogen and oxygen atoms in total. The Morgan fingerprint density at radius 2 is 1.68 bits per heavy atom. The lowest BCUT2D eigenvalue weighted by Gasteiger charge is -2.35. The Kier molecular flexibility index (Phi) is 9.62. The quantitative estimate of drug-likeness (QED) is 0.404. The van der Waals surface area contributed by atoms with Gasteiger partial charge in [-0.15, -0.1) is 0 Å². The highest BCUT2D eigenvalue weighted by Gasteiger charge is 2.24. The summed E-state index contributed by atoms with van der Waals surface area (Å²) < 4.78 is 5.37. The highest BCUT2D eigenvalue weighted by Crippen LogP contribution is 2.29. The van der Waals surface area contributed by atoms with Gasteiger partial charge in [0, 0.05) is 82.1 Å². The van der Waals surface area contributed by atoms with Crippen LogP contribution in [0.3, 0.4) is 0 Å². The molecule has 2 aromatic rings. The highest BCUT2D eigenvalue weighted by molar-refractivity contribution is 7.98. The molecule has 2 amide bonds. The van der Waals surface area contributed by atoms with Gasteiger partial charge in [-0.25, -0.2) is 9.97 Å². The van der Waals surface area contributed by atoms with Crippen LogP contribution in [0.5, 0.6) is 0 Å². The van der Waals surface area contributed by atoms with E-state index in [1.165, 1.54) is 0 Å². The fourth-order valence-corrected chi connectivity index (χ4v) is 5.24. The highest BCUT2D eigenvalue weighted by atomic mass is 32.2. The summed E-state index contributed by atoms with van der Waals surface area (Å²) in [6.45, 7) is 15.9. The first-order chi connectivity index (χ1) is 18.2. The summed E-state index contributed by atoms with van der Waals surface area (Å²) in [6.07, 6.45) is 0. The third kappa shape index (κ3) is 7.91. The monoisotopic (exact) mass is 540 g/mol. The van der Waals surface area contributed by atoms with E-state index in [1.54, 1.807) is 18.7 Å². The van der Waals surface area contributed by atoms with E-state index in [-0.39, 0.29) is 17.2 Å². The number of rotatable bonds is 8. The molecule has 1 aromatic heterocycles. The molecule has 1 aromatic carbocycles. The number of hydrogen-bond donors (Lipinski definition) is 1. The molecule has 0 aliphatic carbocycles. The molecule has 0 spiro atoms. The van der Waals surface area contributed by atoms with E-state index < -0.39 is 0 Å². The van der Waals surface area contributed by atoms with Crippen molar-refractivity contribution < 1.29 is 14.3 Å². The lowest BCUT2D eigenvalue weighted by Crippen LogP contribution is -2.48. The Morgan fingerprint density at radius 3 is 2.32 bits per heavy atom. The number of nitrogens with one attached hydrogen (secondary N) is 1. The number of hydrogen-bond acceptors (Lipinski definition) is 8. The van der Waals surface area contributed by atoms with Crippen molar-refractivity contribution in [3.8, 4) is 0 Å². The molecule has 0 bridgehead atoms. The van der Waals surface area contributed by atoms with E-state index >= 15 is 0 Å². The smallest absolute Gasteiger partial charge is 0.251 e. The van der Waals surface area contributed by atoms with Crippen LogP contribution in [-0.2, 0) is 20.7 Å². The van der Waals surface area contributed by atoms with Gasteiger partial charge in [-0.2, -0.15) is 0 Å². The van der Waals surface area contributed by atoms with Crippen molar-refractivity contribution >= 4 is 29.4 Å². The second kappa shape index (κ2) is 12.9. The lowest BCUT2D eigenvalue weighted by atomic mass is 9.92. The van der Waals surface area contributed by atoms with Gasteiger partial charge in [0.05, 0.1) is 18.9 Å². The molecule has 3 heterocycles. The zero-order chi connectivity index (χ0) is 27.1. The second-order valence-corrected chi connectivity index (χ2v) is 11.8. The summed E-state index contributed by atoms with van der Waals surface area (Å²) in [5, 5.41) is 3.76. The molecule has 2 fully saturated rings. The molecule has 2 aliphatic rings. The van der Waals surface area contributed by atoms with E-state index in [2.05, 4.69) is 42.0 Å². The van der Waals surface area contributed by atoms with Crippen molar-refractivity contribution in [1.82, 2.24) is 25.1 Å². The van der Waals surface area contributed by atoms with Gasteiger partial charge in [0.15, 0.2) is 5.16 Å². The van der Waals surface area contributed by atoms with Crippen LogP contribution < -0.4 is 10.2 Å². The number of piperazine rings is 1. The SMILES string of the molecule is CC(=O)N1CCN(c2cc(C(C)(C)C)nc(SCc3ccc(C(=O)NCCN4CCOCC4)cc3)n2)CC1. The summed E-state index contributed by atoms with van der Waals surface area (Å²) in [5.74, 6) is 1.70. The first kappa shape index (κ1) is 28.3. The largest absolute Gasteiger partial charge is 0.379 e. The van der Waals surface area contributed by atoms with Gasteiger partial charge in [-0.3, -0.25) is 14.5 Å². The molecule has 4 rings (SSSR count). The molecule has 0 unspecified atom stereocenters. The Labute approximate surface area is 230 Å². The number of carbonyl (C=O) groups excluding carboxylic acids is 2. The van der Waals surface area contributed by atoms with Gasteiger partial charge in [-0.1, -0.05) is 44.7 Å². The van der Waals surface area contributed by atoms with Gasteiger partial charge in [-0.05, 0) is 17.7 Å². The molecule has 2 saturated heterocycles. The topological polar surface area (TPSA) is 90.9 Å². The third-order valence-electron chi connectivity index (χ3n) is 6.91. The number of nitrogens with zero attached hydrogens (tertiary/aromatic N) is 5. The number of anilines is 1. The predicted octanol–water partition coefficient (Wildman–Crippen LogP) is 2.80. The number of thioether (sulfide) groups is 1. The average molecular weight is 541 g/mol. The third-order valence-corrected chi connectivity index (χ3v) is 7.83. The van der Waals surface area contributed by atoms with Crippen LogP contribution in [0.1, 0.15) is 49.3 Å². The van der Waals surface area contributed by atoms with Crippen molar-refractivity contribution in [3.05, 3.63) is 47.2 Å². The number of morpholine rings is 1. The van der Waals surface area contributed by atoms with E-state index in [9.17, 15) is 9.59 Å². The Bertz CT molecular complexity index is 1090. The molecule has 38 heavy (non-hydrogen) atoms. The Balaban J connectivity index is 1.34. The fraction of sp³-hybridized carbons (Fsp3) is 0.571. The summed E-state index contributed by atoms with van der Waals surface area (Å²) in [7, 11) is 0. The van der Waals surface area contributed by atoms with Gasteiger partial charge in [0.25, 0.3) is 5.91 Å². The molecule has 2 aliphatic heterocycles. The maximum atomic E-state index is 12.5. The van der Waals surface area contributed by atoms with Crippen LogP contribution in [0.4, 0.5) is 5.82 Å². The molecular weight excluding hydrogens is 500 g/mol. The number of carbonyl (C=O) groups is 2. The van der Waals surface area contributed by atoms with Crippen molar-refractivity contribution in [1.29, 1.82) is 0 Å². The van der Waals surface area contributed by atoms with E-state index in [0.29, 0.717) is 31.0 Å². The Morgan fingerprint density at radius 1 is 1.00 bits per heavy atom. The van der Waals surface area contributed by atoms with Crippen molar-refractivity contribution in [2.75, 3.05) is 70.5 Å². The van der Waals surface area contributed by atoms with Crippen molar-refractivity contribution in [2.45, 2.75) is 44.0 Å². The van der Waals surface area contributed by atoms with Crippen LogP contribution in [0, 0.1) is 0 Å². The van der Waals surface area contributed by atoms with Crippen LogP contribution in [0.2, 0.25) is 0 Å². The molecule has 0 saturated carbocycles. The molecular formula is C28H40N6O3S. The van der Waals surface area contributed by atoms with Crippen LogP contribution in [0.15, 0.2) is 35.5 Å². The minimum atomic E-state index is -0.106. The number of ether oxygens (including phenoxy) is 1. The predicted molar refractivity (Wildman–Crippen MR) is 151 cm³/mol. The molecule has 10 heteroatoms. The lowest BCUT2D eigenvalue weighted by molar-refractivity contribution is -0.129. The number of aromatic nitrogens is 2. The molecule has 0 radical (unpaired) electrons. The van der Waals surface area contributed by atoms with Crippen LogP contribution >= 0.6 is 11.8 Å². The van der Waals surface area contributed by atoms with Crippen molar-refractivity contribution in [3.63, 3.8) is 0 Å². The first-order valence-corrected chi connectivity index (χ1v) is 14.4. The fourth-order valence-electron chi connectivity index (χ4n) is 4.43. The van der Waals surface area contributed by atoms with E-state index in [1.807, 2.05) is 29.2 Å². The minimum Gasteiger partial charge on any atom is -0.379 e. The summed E-state index contributed by atoms with van der Waals surface area (Å²) >= 11 is 1.60. The summed E-state index contributed by atoms with van der Waals surface area (Å²) in [4.78, 5) is 40.4. The summed E-state index contributed by atoms with van der Waals surface area (Å²) in [6, 6.07) is 9.84. The van der Waals surface area contributed by atoms with Gasteiger partial charge in [0.1, 0.15) is 5.82 Å². The second-order valence-electron chi connectivity index (χ2n) is 10.8. The van der Waals surface area contributed by atoms with Crippen molar-refractivity contribution in [2.24, 2.45) is 0 Å². The first-order valence-electron chi connectivity index (χ1n) is 13.4. The standard InChI is InChI=1S/C28H40N6O3S/c1-21(35)33-11-13-34(14-12-33)25-19-24(28(2,3)4)30-27(31-25)38-20-22-5-7-23(8-6-22)26(36)29-9-10-32-15-17-37-18-16-32/h5-8,19H,9-18,20H2,1-4H3,(H,29,36). The molecule has 1 N–H and O–H groups in total. The van der Waals surface area contributed by atoms with Gasteiger partial charge < -0.3 is 19.9 Å². The molecule has 0 atom stereocenters. The van der Waals surface area contributed by atoms with E-state index in [4.69, 9.17) is 14.7 Å². The van der Waals surface area contributed by atoms with Crippen LogP contribution in [-0.4, -0.2) is 97.2 Å². The zero-order valence-electron chi connectivity index (χ0n) is 23.0. The minimum absolute atomic E-state index is 0.0480. The van der Waals surface area contributed by atoms with Gasteiger partial charge >= 0.3 is 0 Å². The maximum Gasteiger partial charge on any atom is 0.251 e. The Hall–Kier alpha value is -2.69. The zero-order valence-corrected chi connectivity index (χ0v) is 23.9. The normalized spacial score (nSPS) is 16.9. The number of amides is 2. The maximum absolute atomic E-state index is 12.5. The van der Waals surface area contributed by atoms with Gasteiger partial charge in [0.2, 0.25) is 5.91 Å². The summed E-state index contributed by atoms with van der Waals surface area (Å²) in [5.41, 5.74) is 2.67. The molecule has 206 valence electrons. The average Bonchev–Trinajstić information content (AvgIpc) is 2.92.